The predicted molar refractivity (Wildman–Crippen MR) is 117 cm³/mol. The van der Waals surface area contributed by atoms with Crippen LogP contribution in [0.3, 0.4) is 0 Å². The number of Topliss-reactive ketones (excluding diaryl/α,β-unsaturated/α-hetero) is 1. The van der Waals surface area contributed by atoms with Crippen LogP contribution >= 0.6 is 11.8 Å². The maximum atomic E-state index is 12.8. The molecule has 0 aliphatic rings. The molecule has 0 spiro atoms. The predicted octanol–water partition coefficient (Wildman–Crippen LogP) is 3.15. The van der Waals surface area contributed by atoms with Crippen LogP contribution in [0.5, 0.6) is 0 Å². The Morgan fingerprint density at radius 3 is 2.63 bits per heavy atom. The number of carbonyl (C=O) groups excluding carboxylic acids is 2. The van der Waals surface area contributed by atoms with Crippen molar-refractivity contribution in [3.8, 4) is 0 Å². The number of hydrogen-bond acceptors (Lipinski definition) is 5. The minimum Gasteiger partial charge on any atom is -0.293 e. The topological polar surface area (TPSA) is 102 Å². The van der Waals surface area contributed by atoms with Crippen LogP contribution in [-0.4, -0.2) is 36.9 Å². The van der Waals surface area contributed by atoms with Gasteiger partial charge in [0.15, 0.2) is 10.9 Å². The Morgan fingerprint density at radius 1 is 1.20 bits per heavy atom. The second-order valence-corrected chi connectivity index (χ2v) is 7.90. The lowest BCUT2D eigenvalue weighted by Gasteiger charge is -2.11. The maximum absolute atomic E-state index is 12.8. The molecule has 158 valence electrons. The zero-order chi connectivity index (χ0) is 21.7. The highest BCUT2D eigenvalue weighted by molar-refractivity contribution is 7.99. The van der Waals surface area contributed by atoms with Gasteiger partial charge < -0.3 is 0 Å². The smallest absolute Gasteiger partial charge is 0.293 e. The van der Waals surface area contributed by atoms with Gasteiger partial charge in [-0.3, -0.25) is 24.3 Å². The highest BCUT2D eigenvalue weighted by Gasteiger charge is 2.19. The summed E-state index contributed by atoms with van der Waals surface area (Å²) in [4.78, 5) is 37.2. The summed E-state index contributed by atoms with van der Waals surface area (Å²) < 4.78 is 3.18. The van der Waals surface area contributed by atoms with Gasteiger partial charge in [-0.1, -0.05) is 43.3 Å². The summed E-state index contributed by atoms with van der Waals surface area (Å²) in [6.07, 6.45) is 1.82. The summed E-state index contributed by atoms with van der Waals surface area (Å²) in [6, 6.07) is 10.7. The van der Waals surface area contributed by atoms with Gasteiger partial charge in [0.25, 0.3) is 5.91 Å². The van der Waals surface area contributed by atoms with Crippen LogP contribution in [0.4, 0.5) is 0 Å². The SMILES string of the molecule is CCCCn1c(SCC(=O)c2cc(C)n(NC(=O)c3ccccc3)c2C)n[nH]c1=O. The van der Waals surface area contributed by atoms with E-state index < -0.39 is 0 Å². The first-order valence-corrected chi connectivity index (χ1v) is 10.8. The number of hydrogen-bond donors (Lipinski definition) is 2. The Balaban J connectivity index is 1.71. The number of carbonyl (C=O) groups is 2. The standard InChI is InChI=1S/C21H25N5O3S/c1-4-5-11-25-20(29)22-23-21(25)30-13-18(27)17-12-14(2)26(15(17)3)24-19(28)16-9-7-6-8-10-16/h6-10,12H,4-5,11,13H2,1-3H3,(H,22,29)(H,24,28). The van der Waals surface area contributed by atoms with Gasteiger partial charge >= 0.3 is 5.69 Å². The van der Waals surface area contributed by atoms with Crippen LogP contribution in [0.1, 0.15) is 51.9 Å². The molecule has 1 aromatic carbocycles. The molecule has 30 heavy (non-hydrogen) atoms. The molecule has 2 N–H and O–H groups in total. The molecule has 2 heterocycles. The van der Waals surface area contributed by atoms with Crippen LogP contribution < -0.4 is 11.1 Å². The van der Waals surface area contributed by atoms with E-state index in [4.69, 9.17) is 0 Å². The van der Waals surface area contributed by atoms with Crippen LogP contribution in [0.25, 0.3) is 0 Å². The van der Waals surface area contributed by atoms with Crippen LogP contribution in [0.2, 0.25) is 0 Å². The van der Waals surface area contributed by atoms with E-state index in [0.29, 0.717) is 28.5 Å². The number of aromatic nitrogens is 4. The van der Waals surface area contributed by atoms with Crippen LogP contribution in [-0.2, 0) is 6.54 Å². The summed E-state index contributed by atoms with van der Waals surface area (Å²) in [6.45, 7) is 6.25. The van der Waals surface area contributed by atoms with Crippen molar-refractivity contribution in [3.05, 3.63) is 69.4 Å². The second kappa shape index (κ2) is 9.62. The molecule has 0 saturated carbocycles. The minimum atomic E-state index is -0.264. The number of nitrogens with one attached hydrogen (secondary N) is 2. The Morgan fingerprint density at radius 2 is 1.93 bits per heavy atom. The Labute approximate surface area is 178 Å². The van der Waals surface area contributed by atoms with Crippen molar-refractivity contribution >= 4 is 23.5 Å². The maximum Gasteiger partial charge on any atom is 0.343 e. The molecule has 2 aromatic heterocycles. The first-order valence-electron chi connectivity index (χ1n) is 9.79. The third-order valence-electron chi connectivity index (χ3n) is 4.77. The number of unbranched alkanes of at least 4 members (excludes halogenated alkanes) is 1. The van der Waals surface area contributed by atoms with Gasteiger partial charge in [-0.25, -0.2) is 9.89 Å². The number of H-pyrrole nitrogens is 1. The summed E-state index contributed by atoms with van der Waals surface area (Å²) >= 11 is 1.23. The molecule has 3 rings (SSSR count). The fourth-order valence-electron chi connectivity index (χ4n) is 3.11. The lowest BCUT2D eigenvalue weighted by molar-refractivity contribution is 0.0999. The van der Waals surface area contributed by atoms with Gasteiger partial charge in [-0.05, 0) is 38.5 Å². The Bertz CT molecular complexity index is 1100. The highest BCUT2D eigenvalue weighted by atomic mass is 32.2. The fraction of sp³-hybridized carbons (Fsp3) is 0.333. The quantitative estimate of drug-likeness (QED) is 0.403. The fourth-order valence-corrected chi connectivity index (χ4v) is 3.96. The van der Waals surface area contributed by atoms with Gasteiger partial charge in [0.1, 0.15) is 0 Å². The van der Waals surface area contributed by atoms with Crippen LogP contribution in [0, 0.1) is 13.8 Å². The van der Waals surface area contributed by atoms with E-state index in [9.17, 15) is 14.4 Å². The number of nitrogens with zero attached hydrogens (tertiary/aromatic N) is 3. The van der Waals surface area contributed by atoms with E-state index in [-0.39, 0.29) is 23.1 Å². The van der Waals surface area contributed by atoms with Gasteiger partial charge in [0.2, 0.25) is 0 Å². The molecular formula is C21H25N5O3S. The number of aromatic amines is 1. The summed E-state index contributed by atoms with van der Waals surface area (Å²) in [5, 5.41) is 6.98. The van der Waals surface area contributed by atoms with Crippen LogP contribution in [0.15, 0.2) is 46.3 Å². The number of benzene rings is 1. The zero-order valence-electron chi connectivity index (χ0n) is 17.3. The molecule has 9 heteroatoms. The lowest BCUT2D eigenvalue weighted by atomic mass is 10.2. The van der Waals surface area contributed by atoms with E-state index >= 15 is 0 Å². The minimum absolute atomic E-state index is 0.0919. The lowest BCUT2D eigenvalue weighted by Crippen LogP contribution is -2.25. The van der Waals surface area contributed by atoms with Gasteiger partial charge in [0, 0.05) is 29.1 Å². The van der Waals surface area contributed by atoms with Crippen molar-refractivity contribution in [1.82, 2.24) is 19.4 Å². The largest absolute Gasteiger partial charge is 0.343 e. The van der Waals surface area contributed by atoms with Crippen molar-refractivity contribution in [2.45, 2.75) is 45.3 Å². The summed E-state index contributed by atoms with van der Waals surface area (Å²) in [7, 11) is 0. The second-order valence-electron chi connectivity index (χ2n) is 6.96. The Kier molecular flexibility index (Phi) is 6.94. The molecule has 8 nitrogen and oxygen atoms in total. The molecule has 0 aliphatic carbocycles. The first kappa shape index (κ1) is 21.6. The molecule has 0 aliphatic heterocycles. The normalized spacial score (nSPS) is 10.9. The molecule has 0 fully saturated rings. The van der Waals surface area contributed by atoms with E-state index in [2.05, 4.69) is 15.6 Å². The van der Waals surface area contributed by atoms with Crippen molar-refractivity contribution in [2.24, 2.45) is 0 Å². The molecule has 0 bridgehead atoms. The van der Waals surface area contributed by atoms with E-state index in [0.717, 1.165) is 18.5 Å². The highest BCUT2D eigenvalue weighted by Crippen LogP contribution is 2.20. The number of thioether (sulfide) groups is 1. The average molecular weight is 428 g/mol. The van der Waals surface area contributed by atoms with Crippen molar-refractivity contribution < 1.29 is 9.59 Å². The monoisotopic (exact) mass is 427 g/mol. The van der Waals surface area contributed by atoms with E-state index in [1.807, 2.05) is 19.9 Å². The summed E-state index contributed by atoms with van der Waals surface area (Å²) in [5.74, 6) is -0.194. The zero-order valence-corrected chi connectivity index (χ0v) is 18.1. The average Bonchev–Trinajstić information content (AvgIpc) is 3.24. The number of ketones is 1. The van der Waals surface area contributed by atoms with Crippen molar-refractivity contribution in [2.75, 3.05) is 11.2 Å². The van der Waals surface area contributed by atoms with Crippen molar-refractivity contribution in [3.63, 3.8) is 0 Å². The van der Waals surface area contributed by atoms with Gasteiger partial charge in [-0.2, -0.15) is 0 Å². The molecule has 0 unspecified atom stereocenters. The summed E-state index contributed by atoms with van der Waals surface area (Å²) in [5.41, 5.74) is 5.06. The molecule has 1 amide bonds. The van der Waals surface area contributed by atoms with Crippen molar-refractivity contribution in [1.29, 1.82) is 0 Å². The molecule has 3 aromatic rings. The van der Waals surface area contributed by atoms with Gasteiger partial charge in [0.05, 0.1) is 5.75 Å². The first-order chi connectivity index (χ1) is 14.4. The molecule has 0 saturated heterocycles. The van der Waals surface area contributed by atoms with E-state index in [1.54, 1.807) is 46.5 Å². The third kappa shape index (κ3) is 4.73. The molecular weight excluding hydrogens is 402 g/mol. The van der Waals surface area contributed by atoms with E-state index in [1.165, 1.54) is 11.8 Å². The molecule has 0 atom stereocenters. The molecule has 0 radical (unpaired) electrons. The van der Waals surface area contributed by atoms with Gasteiger partial charge in [-0.15, -0.1) is 5.10 Å². The Hall–Kier alpha value is -3.07. The number of amides is 1. The third-order valence-corrected chi connectivity index (χ3v) is 5.75. The number of rotatable bonds is 9. The number of aryl methyl sites for hydroxylation is 1.